The van der Waals surface area contributed by atoms with E-state index in [2.05, 4.69) is 0 Å². The fourth-order valence-corrected chi connectivity index (χ4v) is 2.19. The lowest BCUT2D eigenvalue weighted by Gasteiger charge is -2.23. The van der Waals surface area contributed by atoms with Crippen LogP contribution < -0.4 is 0 Å². The predicted molar refractivity (Wildman–Crippen MR) is 74.3 cm³/mol. The van der Waals surface area contributed by atoms with Crippen LogP contribution in [0.25, 0.3) is 0 Å². The molecule has 1 saturated heterocycles. The van der Waals surface area contributed by atoms with E-state index < -0.39 is 0 Å². The van der Waals surface area contributed by atoms with Crippen molar-refractivity contribution >= 4 is 6.09 Å². The summed E-state index contributed by atoms with van der Waals surface area (Å²) in [5.74, 6) is 0. The summed E-state index contributed by atoms with van der Waals surface area (Å²) in [6.45, 7) is 2.08. The van der Waals surface area contributed by atoms with Crippen molar-refractivity contribution in [3.63, 3.8) is 0 Å². The molecule has 0 radical (unpaired) electrons. The van der Waals surface area contributed by atoms with Gasteiger partial charge in [0.2, 0.25) is 0 Å². The highest BCUT2D eigenvalue weighted by Crippen LogP contribution is 2.11. The van der Waals surface area contributed by atoms with Crippen LogP contribution >= 0.6 is 0 Å². The van der Waals surface area contributed by atoms with E-state index in [1.54, 1.807) is 4.90 Å². The molecule has 1 heterocycles. The van der Waals surface area contributed by atoms with Crippen molar-refractivity contribution in [1.29, 1.82) is 0 Å². The second-order valence-corrected chi connectivity index (χ2v) is 4.84. The first-order valence-electron chi connectivity index (χ1n) is 6.97. The number of carbonyl (C=O) groups is 1. The number of aliphatic hydroxyl groups excluding tert-OH is 1. The molecule has 2 rings (SSSR count). The summed E-state index contributed by atoms with van der Waals surface area (Å²) in [7, 11) is 0. The van der Waals surface area contributed by atoms with Crippen molar-refractivity contribution in [2.75, 3.05) is 26.3 Å². The summed E-state index contributed by atoms with van der Waals surface area (Å²) >= 11 is 0. The van der Waals surface area contributed by atoms with Gasteiger partial charge in [0.05, 0.1) is 12.6 Å². The number of hydrogen-bond donors (Lipinski definition) is 1. The van der Waals surface area contributed by atoms with Crippen LogP contribution in [-0.4, -0.2) is 48.5 Å². The Balaban J connectivity index is 1.84. The Morgan fingerprint density at radius 1 is 1.40 bits per heavy atom. The first kappa shape index (κ1) is 14.8. The smallest absolute Gasteiger partial charge is 0.410 e. The highest BCUT2D eigenvalue weighted by Gasteiger charge is 2.23. The Morgan fingerprint density at radius 3 is 2.95 bits per heavy atom. The zero-order valence-corrected chi connectivity index (χ0v) is 11.5. The average Bonchev–Trinajstić information content (AvgIpc) is 2.72. The third kappa shape index (κ3) is 4.51. The van der Waals surface area contributed by atoms with Gasteiger partial charge in [-0.15, -0.1) is 0 Å². The molecule has 1 fully saturated rings. The van der Waals surface area contributed by atoms with Crippen LogP contribution in [0.5, 0.6) is 0 Å². The first-order chi connectivity index (χ1) is 9.79. The lowest BCUT2D eigenvalue weighted by molar-refractivity contribution is 0.0323. The van der Waals surface area contributed by atoms with Crippen LogP contribution in [0.15, 0.2) is 30.3 Å². The fourth-order valence-electron chi connectivity index (χ4n) is 2.19. The molecule has 110 valence electrons. The van der Waals surface area contributed by atoms with Crippen LogP contribution in [-0.2, 0) is 16.1 Å². The van der Waals surface area contributed by atoms with Gasteiger partial charge in [-0.05, 0) is 18.4 Å². The van der Waals surface area contributed by atoms with Gasteiger partial charge < -0.3 is 19.5 Å². The molecular formula is C15H21NO4. The van der Waals surface area contributed by atoms with Crippen LogP contribution in [0.3, 0.4) is 0 Å². The summed E-state index contributed by atoms with van der Waals surface area (Å²) < 4.78 is 10.9. The zero-order chi connectivity index (χ0) is 14.2. The number of amides is 1. The van der Waals surface area contributed by atoms with E-state index in [4.69, 9.17) is 14.6 Å². The van der Waals surface area contributed by atoms with Gasteiger partial charge in [-0.25, -0.2) is 4.79 Å². The number of benzene rings is 1. The van der Waals surface area contributed by atoms with Gasteiger partial charge in [-0.1, -0.05) is 30.3 Å². The van der Waals surface area contributed by atoms with Gasteiger partial charge in [-0.3, -0.25) is 0 Å². The Labute approximate surface area is 119 Å². The molecule has 0 bridgehead atoms. The van der Waals surface area contributed by atoms with Gasteiger partial charge in [0.15, 0.2) is 0 Å². The molecule has 1 unspecified atom stereocenters. The number of ether oxygens (including phenoxy) is 2. The van der Waals surface area contributed by atoms with Crippen LogP contribution in [0.1, 0.15) is 18.4 Å². The van der Waals surface area contributed by atoms with Crippen LogP contribution in [0, 0.1) is 0 Å². The lowest BCUT2D eigenvalue weighted by Crippen LogP contribution is -2.37. The van der Waals surface area contributed by atoms with Crippen LogP contribution in [0.4, 0.5) is 4.79 Å². The second-order valence-electron chi connectivity index (χ2n) is 4.84. The molecule has 5 heteroatoms. The van der Waals surface area contributed by atoms with Crippen molar-refractivity contribution in [3.05, 3.63) is 35.9 Å². The van der Waals surface area contributed by atoms with Crippen LogP contribution in [0.2, 0.25) is 0 Å². The van der Waals surface area contributed by atoms with E-state index in [1.165, 1.54) is 0 Å². The molecule has 1 aliphatic rings. The van der Waals surface area contributed by atoms with Crippen molar-refractivity contribution in [2.45, 2.75) is 25.6 Å². The maximum Gasteiger partial charge on any atom is 0.410 e. The first-order valence-corrected chi connectivity index (χ1v) is 6.97. The molecule has 0 aliphatic carbocycles. The molecule has 5 nitrogen and oxygen atoms in total. The molecule has 20 heavy (non-hydrogen) atoms. The molecule has 1 aromatic rings. The molecule has 1 N–H and O–H groups in total. The Bertz CT molecular complexity index is 410. The highest BCUT2D eigenvalue weighted by atomic mass is 16.6. The molecule has 1 aliphatic heterocycles. The molecule has 0 saturated carbocycles. The molecule has 1 atom stereocenters. The van der Waals surface area contributed by atoms with E-state index in [1.807, 2.05) is 30.3 Å². The Hall–Kier alpha value is -1.59. The van der Waals surface area contributed by atoms with Crippen molar-refractivity contribution < 1.29 is 19.4 Å². The number of rotatable bonds is 4. The van der Waals surface area contributed by atoms with Crippen molar-refractivity contribution in [3.8, 4) is 0 Å². The number of carbonyl (C=O) groups excluding carboxylic acids is 1. The SMILES string of the molecule is O=C(OCc1ccccc1)N1CCCOC(CCO)C1. The van der Waals surface area contributed by atoms with Gasteiger partial charge in [0.25, 0.3) is 0 Å². The lowest BCUT2D eigenvalue weighted by atomic mass is 10.2. The molecule has 1 aromatic carbocycles. The van der Waals surface area contributed by atoms with E-state index >= 15 is 0 Å². The Morgan fingerprint density at radius 2 is 2.20 bits per heavy atom. The molecule has 0 spiro atoms. The van der Waals surface area contributed by atoms with Gasteiger partial charge in [-0.2, -0.15) is 0 Å². The van der Waals surface area contributed by atoms with E-state index in [0.29, 0.717) is 26.1 Å². The van der Waals surface area contributed by atoms with Crippen molar-refractivity contribution in [2.24, 2.45) is 0 Å². The summed E-state index contributed by atoms with van der Waals surface area (Å²) in [5, 5.41) is 8.97. The maximum atomic E-state index is 12.1. The van der Waals surface area contributed by atoms with Gasteiger partial charge in [0.1, 0.15) is 6.61 Å². The minimum absolute atomic E-state index is 0.0670. The highest BCUT2D eigenvalue weighted by molar-refractivity contribution is 5.67. The fraction of sp³-hybridized carbons (Fsp3) is 0.533. The number of aliphatic hydroxyl groups is 1. The zero-order valence-electron chi connectivity index (χ0n) is 11.5. The van der Waals surface area contributed by atoms with Gasteiger partial charge >= 0.3 is 6.09 Å². The number of hydrogen-bond acceptors (Lipinski definition) is 4. The Kier molecular flexibility index (Phi) is 5.83. The third-order valence-corrected chi connectivity index (χ3v) is 3.26. The molecule has 0 aromatic heterocycles. The summed E-state index contributed by atoms with van der Waals surface area (Å²) in [5.41, 5.74) is 0.971. The average molecular weight is 279 g/mol. The van der Waals surface area contributed by atoms with Gasteiger partial charge in [0, 0.05) is 19.8 Å². The quantitative estimate of drug-likeness (QED) is 0.913. The summed E-state index contributed by atoms with van der Waals surface area (Å²) in [4.78, 5) is 13.7. The summed E-state index contributed by atoms with van der Waals surface area (Å²) in [6, 6.07) is 9.61. The largest absolute Gasteiger partial charge is 0.445 e. The molecular weight excluding hydrogens is 258 g/mol. The maximum absolute atomic E-state index is 12.1. The van der Waals surface area contributed by atoms with Crippen molar-refractivity contribution in [1.82, 2.24) is 4.90 Å². The minimum atomic E-state index is -0.317. The van der Waals surface area contributed by atoms with E-state index in [0.717, 1.165) is 12.0 Å². The standard InChI is InChI=1S/C15H21NO4/c17-9-7-14-11-16(8-4-10-19-14)15(18)20-12-13-5-2-1-3-6-13/h1-3,5-6,14,17H,4,7-12H2. The molecule has 1 amide bonds. The van der Waals surface area contributed by atoms with E-state index in [9.17, 15) is 4.79 Å². The third-order valence-electron chi connectivity index (χ3n) is 3.26. The van der Waals surface area contributed by atoms with E-state index in [-0.39, 0.29) is 25.4 Å². The summed E-state index contributed by atoms with van der Waals surface area (Å²) in [6.07, 6.45) is 0.916. The predicted octanol–water partition coefficient (Wildman–Crippen LogP) is 1.80. The monoisotopic (exact) mass is 279 g/mol. The topological polar surface area (TPSA) is 59.0 Å². The minimum Gasteiger partial charge on any atom is -0.445 e. The number of nitrogens with zero attached hydrogens (tertiary/aromatic N) is 1. The normalized spacial score (nSPS) is 19.4. The second kappa shape index (κ2) is 7.87.